The zero-order valence-electron chi connectivity index (χ0n) is 38.6. The molecule has 2 heteroatoms. The molecule has 2 aromatic rings. The Kier molecular flexibility index (Phi) is 32.5. The number of unbranched alkanes of at least 4 members (excludes halogenated alkanes) is 25. The Labute approximate surface area is 355 Å². The van der Waals surface area contributed by atoms with Crippen molar-refractivity contribution in [1.82, 2.24) is 0 Å². The Bertz CT molecular complexity index is 1320. The maximum Gasteiger partial charge on any atom is 0.0816 e. The third kappa shape index (κ3) is 26.3. The van der Waals surface area contributed by atoms with Crippen molar-refractivity contribution in [3.05, 3.63) is 70.8 Å². The summed E-state index contributed by atoms with van der Waals surface area (Å²) in [5, 5.41) is 0. The van der Waals surface area contributed by atoms with E-state index in [-0.39, 0.29) is 0 Å². The van der Waals surface area contributed by atoms with Crippen molar-refractivity contribution in [2.24, 2.45) is 9.98 Å². The van der Waals surface area contributed by atoms with E-state index in [2.05, 4.69) is 83.2 Å². The Morgan fingerprint density at radius 3 is 1.14 bits per heavy atom. The molecular formula is C55H92N2. The summed E-state index contributed by atoms with van der Waals surface area (Å²) in [6, 6.07) is 13.6. The van der Waals surface area contributed by atoms with Gasteiger partial charge in [0.25, 0.3) is 0 Å². The molecule has 2 nitrogen and oxygen atoms in total. The molecule has 0 radical (unpaired) electrons. The van der Waals surface area contributed by atoms with Gasteiger partial charge < -0.3 is 0 Å². The fourth-order valence-electron chi connectivity index (χ4n) is 8.41. The lowest BCUT2D eigenvalue weighted by Gasteiger charge is -2.09. The molecule has 0 aliphatic carbocycles. The fourth-order valence-corrected chi connectivity index (χ4v) is 8.41. The molecule has 0 aromatic heterocycles. The number of aryl methyl sites for hydroxylation is 4. The predicted octanol–water partition coefficient (Wildman–Crippen LogP) is 18.7. The number of rotatable bonds is 38. The van der Waals surface area contributed by atoms with E-state index in [1.807, 2.05) is 6.21 Å². The smallest absolute Gasteiger partial charge is 0.0816 e. The van der Waals surface area contributed by atoms with E-state index in [4.69, 9.17) is 9.98 Å². The summed E-state index contributed by atoms with van der Waals surface area (Å²) < 4.78 is 0. The van der Waals surface area contributed by atoms with Crippen LogP contribution in [0.3, 0.4) is 0 Å². The predicted molar refractivity (Wildman–Crippen MR) is 259 cm³/mol. The lowest BCUT2D eigenvalue weighted by Crippen LogP contribution is -1.97. The van der Waals surface area contributed by atoms with E-state index in [9.17, 15) is 0 Å². The second-order valence-corrected chi connectivity index (χ2v) is 17.4. The van der Waals surface area contributed by atoms with Crippen molar-refractivity contribution in [2.75, 3.05) is 0 Å². The van der Waals surface area contributed by atoms with Gasteiger partial charge in [-0.05, 0) is 91.1 Å². The summed E-state index contributed by atoms with van der Waals surface area (Å²) in [7, 11) is 0. The summed E-state index contributed by atoms with van der Waals surface area (Å²) in [4.78, 5) is 10.1. The highest BCUT2D eigenvalue weighted by atomic mass is 14.8. The molecule has 2 rings (SSSR count). The average Bonchev–Trinajstić information content (AvgIpc) is 3.21. The van der Waals surface area contributed by atoms with Crippen molar-refractivity contribution in [2.45, 2.75) is 253 Å². The van der Waals surface area contributed by atoms with E-state index in [0.717, 1.165) is 62.0 Å². The molecule has 0 aliphatic rings. The summed E-state index contributed by atoms with van der Waals surface area (Å²) in [6.07, 6.45) is 52.7. The molecule has 2 aromatic carbocycles. The largest absolute Gasteiger partial charge is 0.255 e. The number of aliphatic imine (C=N–C) groups is 2. The van der Waals surface area contributed by atoms with Crippen LogP contribution >= 0.6 is 0 Å². The Balaban J connectivity index is 1.64. The van der Waals surface area contributed by atoms with Crippen LogP contribution in [0.1, 0.15) is 249 Å². The lowest BCUT2D eigenvalue weighted by atomic mass is 9.99. The summed E-state index contributed by atoms with van der Waals surface area (Å²) in [5.41, 5.74) is 8.86. The molecule has 57 heavy (non-hydrogen) atoms. The van der Waals surface area contributed by atoms with Gasteiger partial charge in [0.05, 0.1) is 23.3 Å². The molecule has 322 valence electrons. The molecule has 0 fully saturated rings. The van der Waals surface area contributed by atoms with Gasteiger partial charge >= 0.3 is 0 Å². The second kappa shape index (κ2) is 36.6. The molecule has 0 heterocycles. The molecule has 0 saturated carbocycles. The number of hydrogen-bond acceptors (Lipinski definition) is 2. The standard InChI is InChI=1S/C55H92N2/c1-6-11-12-13-14-15-16-17-18-19-20-21-22-23-24-25-26-27-28-29-30-31-32-33-34-35-36-41-55(57-54-45-43-50(38-8-3)52(47-54)40-10-5)48-56-53-44-42-49(37-7-2)51(46-53)39-9-4/h36,41-48H,6-35,37-40H2,1-5H3/b41-36+,56-48?,57-55?. The van der Waals surface area contributed by atoms with Crippen LogP contribution < -0.4 is 0 Å². The fraction of sp³-hybridized carbons (Fsp3) is 0.709. The Hall–Kier alpha value is -2.48. The molecule has 0 bridgehead atoms. The average molecular weight is 781 g/mol. The first-order valence-corrected chi connectivity index (χ1v) is 25.2. The third-order valence-corrected chi connectivity index (χ3v) is 11.8. The van der Waals surface area contributed by atoms with Gasteiger partial charge in [-0.3, -0.25) is 4.99 Å². The minimum atomic E-state index is 0.940. The van der Waals surface area contributed by atoms with Crippen LogP contribution in [0.2, 0.25) is 0 Å². The first-order chi connectivity index (χ1) is 28.1. The number of allylic oxidation sites excluding steroid dienone is 2. The minimum Gasteiger partial charge on any atom is -0.255 e. The van der Waals surface area contributed by atoms with E-state index in [1.54, 1.807) is 0 Å². The van der Waals surface area contributed by atoms with Crippen LogP contribution in [0, 0.1) is 0 Å². The highest BCUT2D eigenvalue weighted by molar-refractivity contribution is 6.36. The van der Waals surface area contributed by atoms with Gasteiger partial charge in [0.2, 0.25) is 0 Å². The van der Waals surface area contributed by atoms with Crippen LogP contribution in [0.5, 0.6) is 0 Å². The van der Waals surface area contributed by atoms with Gasteiger partial charge in [0, 0.05) is 0 Å². The van der Waals surface area contributed by atoms with Gasteiger partial charge in [-0.25, -0.2) is 4.99 Å². The van der Waals surface area contributed by atoms with Crippen molar-refractivity contribution in [1.29, 1.82) is 0 Å². The second-order valence-electron chi connectivity index (χ2n) is 17.4. The van der Waals surface area contributed by atoms with Crippen molar-refractivity contribution >= 4 is 23.3 Å². The summed E-state index contributed by atoms with van der Waals surface area (Å²) in [6.45, 7) is 11.4. The first kappa shape index (κ1) is 50.7. The van der Waals surface area contributed by atoms with E-state index in [1.165, 1.54) is 196 Å². The van der Waals surface area contributed by atoms with Gasteiger partial charge in [-0.2, -0.15) is 0 Å². The van der Waals surface area contributed by atoms with Crippen LogP contribution in [-0.4, -0.2) is 11.9 Å². The van der Waals surface area contributed by atoms with E-state index >= 15 is 0 Å². The molecule has 0 aliphatic heterocycles. The van der Waals surface area contributed by atoms with Crippen molar-refractivity contribution < 1.29 is 0 Å². The maximum absolute atomic E-state index is 5.14. The highest BCUT2D eigenvalue weighted by Gasteiger charge is 2.06. The Morgan fingerprint density at radius 1 is 0.386 bits per heavy atom. The summed E-state index contributed by atoms with van der Waals surface area (Å²) >= 11 is 0. The highest BCUT2D eigenvalue weighted by Crippen LogP contribution is 2.24. The normalized spacial score (nSPS) is 12.2. The van der Waals surface area contributed by atoms with Crippen LogP contribution in [-0.2, 0) is 25.7 Å². The molecule has 0 atom stereocenters. The zero-order valence-corrected chi connectivity index (χ0v) is 38.6. The Morgan fingerprint density at radius 2 is 0.737 bits per heavy atom. The van der Waals surface area contributed by atoms with E-state index < -0.39 is 0 Å². The number of benzene rings is 2. The molecule has 0 N–H and O–H groups in total. The van der Waals surface area contributed by atoms with Crippen LogP contribution in [0.4, 0.5) is 11.4 Å². The van der Waals surface area contributed by atoms with Crippen molar-refractivity contribution in [3.8, 4) is 0 Å². The van der Waals surface area contributed by atoms with Gasteiger partial charge in [-0.15, -0.1) is 0 Å². The topological polar surface area (TPSA) is 24.7 Å². The van der Waals surface area contributed by atoms with Crippen LogP contribution in [0.25, 0.3) is 0 Å². The third-order valence-electron chi connectivity index (χ3n) is 11.8. The van der Waals surface area contributed by atoms with Gasteiger partial charge in [-0.1, -0.05) is 233 Å². The molecule has 0 amide bonds. The zero-order chi connectivity index (χ0) is 40.9. The SMILES string of the molecule is CCCCCCCCCCCCCCCCCCCCCCCCCCC/C=C/C(C=Nc1ccc(CCC)c(CCC)c1)=Nc1ccc(CCC)c(CCC)c1. The van der Waals surface area contributed by atoms with Gasteiger partial charge in [0.15, 0.2) is 0 Å². The minimum absolute atomic E-state index is 0.940. The van der Waals surface area contributed by atoms with Crippen LogP contribution in [0.15, 0.2) is 58.5 Å². The quantitative estimate of drug-likeness (QED) is 0.0479. The summed E-state index contributed by atoms with van der Waals surface area (Å²) in [5.74, 6) is 0. The number of hydrogen-bond donors (Lipinski definition) is 0. The molecular weight excluding hydrogens is 689 g/mol. The first-order valence-electron chi connectivity index (χ1n) is 25.2. The van der Waals surface area contributed by atoms with E-state index in [0.29, 0.717) is 0 Å². The number of nitrogens with zero attached hydrogens (tertiary/aromatic N) is 2. The molecule has 0 unspecified atom stereocenters. The van der Waals surface area contributed by atoms with Crippen molar-refractivity contribution in [3.63, 3.8) is 0 Å². The van der Waals surface area contributed by atoms with Gasteiger partial charge in [0.1, 0.15) is 0 Å². The maximum atomic E-state index is 5.14. The molecule has 0 saturated heterocycles. The molecule has 0 spiro atoms. The monoisotopic (exact) mass is 781 g/mol. The lowest BCUT2D eigenvalue weighted by molar-refractivity contribution is 0.516.